The average molecular weight is 324 g/mol. The number of thiophene rings is 1. The normalized spacial score (nSPS) is 10.9. The molecule has 0 fully saturated rings. The van der Waals surface area contributed by atoms with Crippen LogP contribution in [0.15, 0.2) is 29.6 Å². The SMILES string of the molecule is COc1ccc(N(C)c2nc(Cl)nc3ccsc23)cc1F. The highest BCUT2D eigenvalue weighted by atomic mass is 35.5. The van der Waals surface area contributed by atoms with Crippen molar-refractivity contribution in [2.45, 2.75) is 0 Å². The maximum Gasteiger partial charge on any atom is 0.224 e. The highest BCUT2D eigenvalue weighted by Gasteiger charge is 2.15. The van der Waals surface area contributed by atoms with Gasteiger partial charge in [-0.15, -0.1) is 11.3 Å². The number of ether oxygens (including phenoxy) is 1. The lowest BCUT2D eigenvalue weighted by atomic mass is 10.2. The van der Waals surface area contributed by atoms with Crippen LogP contribution in [-0.4, -0.2) is 24.1 Å². The molecule has 21 heavy (non-hydrogen) atoms. The number of hydrogen-bond donors (Lipinski definition) is 0. The van der Waals surface area contributed by atoms with E-state index in [1.54, 1.807) is 24.1 Å². The smallest absolute Gasteiger partial charge is 0.224 e. The number of halogens is 2. The van der Waals surface area contributed by atoms with E-state index in [4.69, 9.17) is 16.3 Å². The molecule has 0 atom stereocenters. The van der Waals surface area contributed by atoms with E-state index in [0.29, 0.717) is 11.5 Å². The summed E-state index contributed by atoms with van der Waals surface area (Å²) in [6.45, 7) is 0. The lowest BCUT2D eigenvalue weighted by molar-refractivity contribution is 0.386. The van der Waals surface area contributed by atoms with E-state index in [-0.39, 0.29) is 11.0 Å². The number of hydrogen-bond acceptors (Lipinski definition) is 5. The maximum atomic E-state index is 13.9. The first-order valence-corrected chi connectivity index (χ1v) is 7.34. The molecule has 108 valence electrons. The number of methoxy groups -OCH3 is 1. The zero-order chi connectivity index (χ0) is 15.0. The predicted molar refractivity (Wildman–Crippen MR) is 83.4 cm³/mol. The topological polar surface area (TPSA) is 38.2 Å². The van der Waals surface area contributed by atoms with Crippen molar-refractivity contribution < 1.29 is 9.13 Å². The van der Waals surface area contributed by atoms with Crippen LogP contribution in [0, 0.1) is 5.82 Å². The molecular formula is C14H11ClFN3OS. The molecule has 3 aromatic rings. The molecule has 0 bridgehead atoms. The van der Waals surface area contributed by atoms with Crippen LogP contribution in [0.4, 0.5) is 15.9 Å². The number of rotatable bonds is 3. The molecular weight excluding hydrogens is 313 g/mol. The summed E-state index contributed by atoms with van der Waals surface area (Å²) in [7, 11) is 3.24. The number of benzene rings is 1. The van der Waals surface area contributed by atoms with Gasteiger partial charge in [0.1, 0.15) is 0 Å². The van der Waals surface area contributed by atoms with Gasteiger partial charge in [0.05, 0.1) is 17.3 Å². The second kappa shape index (κ2) is 5.46. The van der Waals surface area contributed by atoms with Gasteiger partial charge in [0, 0.05) is 18.8 Å². The summed E-state index contributed by atoms with van der Waals surface area (Å²) in [6, 6.07) is 6.61. The fourth-order valence-corrected chi connectivity index (χ4v) is 3.06. The van der Waals surface area contributed by atoms with Crippen molar-refractivity contribution in [3.8, 4) is 5.75 Å². The molecule has 7 heteroatoms. The molecule has 2 aromatic heterocycles. The Balaban J connectivity index is 2.09. The molecule has 0 radical (unpaired) electrons. The second-order valence-electron chi connectivity index (χ2n) is 4.33. The quantitative estimate of drug-likeness (QED) is 0.675. The molecule has 2 heterocycles. The highest BCUT2D eigenvalue weighted by molar-refractivity contribution is 7.17. The van der Waals surface area contributed by atoms with Crippen LogP contribution in [-0.2, 0) is 0 Å². The van der Waals surface area contributed by atoms with E-state index >= 15 is 0 Å². The summed E-state index contributed by atoms with van der Waals surface area (Å²) in [5, 5.41) is 2.08. The summed E-state index contributed by atoms with van der Waals surface area (Å²) in [4.78, 5) is 10.2. The molecule has 0 N–H and O–H groups in total. The van der Waals surface area contributed by atoms with E-state index in [2.05, 4.69) is 9.97 Å². The molecule has 0 aliphatic rings. The van der Waals surface area contributed by atoms with Gasteiger partial charge in [-0.2, -0.15) is 4.98 Å². The van der Waals surface area contributed by atoms with Gasteiger partial charge in [-0.1, -0.05) is 0 Å². The summed E-state index contributed by atoms with van der Waals surface area (Å²) in [6.07, 6.45) is 0. The molecule has 0 unspecified atom stereocenters. The van der Waals surface area contributed by atoms with Crippen molar-refractivity contribution in [1.29, 1.82) is 0 Å². The molecule has 3 rings (SSSR count). The van der Waals surface area contributed by atoms with Gasteiger partial charge in [-0.25, -0.2) is 9.37 Å². The zero-order valence-corrected chi connectivity index (χ0v) is 12.9. The Kier molecular flexibility index (Phi) is 3.65. The number of nitrogens with zero attached hydrogens (tertiary/aromatic N) is 3. The van der Waals surface area contributed by atoms with E-state index in [9.17, 15) is 4.39 Å². The standard InChI is InChI=1S/C14H11ClFN3OS/c1-19(8-3-4-11(20-2)9(16)7-8)13-12-10(5-6-21-12)17-14(15)18-13/h3-7H,1-2H3. The fourth-order valence-electron chi connectivity index (χ4n) is 2.03. The Morgan fingerprint density at radius 2 is 2.10 bits per heavy atom. The molecule has 0 saturated carbocycles. The van der Waals surface area contributed by atoms with Gasteiger partial charge in [-0.05, 0) is 35.2 Å². The van der Waals surface area contributed by atoms with Gasteiger partial charge >= 0.3 is 0 Å². The molecule has 1 aromatic carbocycles. The third-order valence-corrected chi connectivity index (χ3v) is 4.17. The summed E-state index contributed by atoms with van der Waals surface area (Å²) < 4.78 is 19.7. The lowest BCUT2D eigenvalue weighted by Crippen LogP contribution is -2.12. The van der Waals surface area contributed by atoms with Crippen LogP contribution in [0.5, 0.6) is 5.75 Å². The lowest BCUT2D eigenvalue weighted by Gasteiger charge is -2.19. The average Bonchev–Trinajstić information content (AvgIpc) is 2.93. The molecule has 4 nitrogen and oxygen atoms in total. The third-order valence-electron chi connectivity index (χ3n) is 3.10. The Morgan fingerprint density at radius 1 is 1.29 bits per heavy atom. The molecule has 0 amide bonds. The van der Waals surface area contributed by atoms with Gasteiger partial charge in [-0.3, -0.25) is 0 Å². The first-order valence-electron chi connectivity index (χ1n) is 6.08. The number of aromatic nitrogens is 2. The van der Waals surface area contributed by atoms with Crippen LogP contribution < -0.4 is 9.64 Å². The van der Waals surface area contributed by atoms with E-state index in [0.717, 1.165) is 10.2 Å². The Hall–Kier alpha value is -1.92. The molecule has 0 aliphatic heterocycles. The number of anilines is 2. The molecule has 0 saturated heterocycles. The van der Waals surface area contributed by atoms with Crippen molar-refractivity contribution in [2.75, 3.05) is 19.1 Å². The van der Waals surface area contributed by atoms with Crippen molar-refractivity contribution >= 4 is 44.7 Å². The Bertz CT molecular complexity index is 808. The van der Waals surface area contributed by atoms with Crippen LogP contribution in [0.25, 0.3) is 10.2 Å². The summed E-state index contributed by atoms with van der Waals surface area (Å²) in [5.74, 6) is 0.420. The van der Waals surface area contributed by atoms with E-state index in [1.165, 1.54) is 24.5 Å². The summed E-state index contributed by atoms with van der Waals surface area (Å²) in [5.41, 5.74) is 1.42. The van der Waals surface area contributed by atoms with Crippen molar-refractivity contribution in [2.24, 2.45) is 0 Å². The predicted octanol–water partition coefficient (Wildman–Crippen LogP) is 4.26. The minimum atomic E-state index is -0.426. The fraction of sp³-hybridized carbons (Fsp3) is 0.143. The van der Waals surface area contributed by atoms with Crippen LogP contribution in [0.1, 0.15) is 0 Å². The number of fused-ring (bicyclic) bond motifs is 1. The molecule has 0 spiro atoms. The largest absolute Gasteiger partial charge is 0.494 e. The first kappa shape index (κ1) is 14.0. The van der Waals surface area contributed by atoms with Crippen LogP contribution in [0.3, 0.4) is 0 Å². The maximum absolute atomic E-state index is 13.9. The highest BCUT2D eigenvalue weighted by Crippen LogP contribution is 2.34. The minimum Gasteiger partial charge on any atom is -0.494 e. The van der Waals surface area contributed by atoms with Gasteiger partial charge in [0.2, 0.25) is 5.28 Å². The van der Waals surface area contributed by atoms with Crippen molar-refractivity contribution in [1.82, 2.24) is 9.97 Å². The zero-order valence-electron chi connectivity index (χ0n) is 11.3. The summed E-state index contributed by atoms with van der Waals surface area (Å²) >= 11 is 7.47. The Morgan fingerprint density at radius 3 is 2.81 bits per heavy atom. The minimum absolute atomic E-state index is 0.164. The van der Waals surface area contributed by atoms with E-state index < -0.39 is 5.82 Å². The second-order valence-corrected chi connectivity index (χ2v) is 5.58. The van der Waals surface area contributed by atoms with Crippen LogP contribution >= 0.6 is 22.9 Å². The molecule has 0 aliphatic carbocycles. The van der Waals surface area contributed by atoms with Crippen molar-refractivity contribution in [3.05, 3.63) is 40.7 Å². The van der Waals surface area contributed by atoms with Gasteiger partial charge in [0.25, 0.3) is 0 Å². The Labute approximate surface area is 129 Å². The monoisotopic (exact) mass is 323 g/mol. The first-order chi connectivity index (χ1) is 10.1. The van der Waals surface area contributed by atoms with Gasteiger partial charge < -0.3 is 9.64 Å². The van der Waals surface area contributed by atoms with Crippen LogP contribution in [0.2, 0.25) is 5.28 Å². The van der Waals surface area contributed by atoms with Gasteiger partial charge in [0.15, 0.2) is 17.4 Å². The third kappa shape index (κ3) is 2.52. The van der Waals surface area contributed by atoms with E-state index in [1.807, 2.05) is 11.4 Å². The van der Waals surface area contributed by atoms with Crippen molar-refractivity contribution in [3.63, 3.8) is 0 Å².